The minimum atomic E-state index is -0.226. The number of carbonyl (C=O) groups is 1. The van der Waals surface area contributed by atoms with E-state index in [1.807, 2.05) is 12.3 Å². The Balaban J connectivity index is 2.00. The lowest BCUT2D eigenvalue weighted by Crippen LogP contribution is -2.27. The summed E-state index contributed by atoms with van der Waals surface area (Å²) in [5.74, 6) is -0.0576. The van der Waals surface area contributed by atoms with E-state index < -0.39 is 0 Å². The van der Waals surface area contributed by atoms with Crippen LogP contribution in [0.4, 0.5) is 0 Å². The SMILES string of the molecule is C[C@@H](CNC(=O)c1cc(Cl)ccc1Cl)c1nccs1. The normalized spacial score (nSPS) is 12.2. The molecule has 0 spiro atoms. The average molecular weight is 315 g/mol. The second kappa shape index (κ2) is 6.37. The molecule has 0 fully saturated rings. The number of amides is 1. The number of hydrogen-bond donors (Lipinski definition) is 1. The Labute approximate surface area is 125 Å². The molecule has 19 heavy (non-hydrogen) atoms. The Hall–Kier alpha value is -1.10. The molecule has 1 heterocycles. The summed E-state index contributed by atoms with van der Waals surface area (Å²) < 4.78 is 0. The number of nitrogens with one attached hydrogen (secondary N) is 1. The topological polar surface area (TPSA) is 42.0 Å². The third-order valence-corrected chi connectivity index (χ3v) is 4.19. The molecule has 0 bridgehead atoms. The van der Waals surface area contributed by atoms with E-state index in [-0.39, 0.29) is 11.8 Å². The monoisotopic (exact) mass is 314 g/mol. The van der Waals surface area contributed by atoms with Crippen molar-refractivity contribution in [1.82, 2.24) is 10.3 Å². The maximum absolute atomic E-state index is 12.0. The molecule has 6 heteroatoms. The first kappa shape index (κ1) is 14.3. The third kappa shape index (κ3) is 3.69. The Morgan fingerprint density at radius 2 is 2.26 bits per heavy atom. The van der Waals surface area contributed by atoms with E-state index in [9.17, 15) is 4.79 Å². The Bertz CT molecular complexity index is 572. The lowest BCUT2D eigenvalue weighted by atomic mass is 10.1. The second-order valence-corrected chi connectivity index (χ2v) is 5.88. The fraction of sp³-hybridized carbons (Fsp3) is 0.231. The van der Waals surface area contributed by atoms with Gasteiger partial charge in [-0.15, -0.1) is 11.3 Å². The molecule has 1 aromatic carbocycles. The third-order valence-electron chi connectivity index (χ3n) is 2.61. The van der Waals surface area contributed by atoms with Crippen LogP contribution in [0.3, 0.4) is 0 Å². The van der Waals surface area contributed by atoms with Crippen LogP contribution in [-0.2, 0) is 0 Å². The highest BCUT2D eigenvalue weighted by atomic mass is 35.5. The van der Waals surface area contributed by atoms with Crippen LogP contribution >= 0.6 is 34.5 Å². The zero-order chi connectivity index (χ0) is 13.8. The van der Waals surface area contributed by atoms with Gasteiger partial charge in [0.1, 0.15) is 0 Å². The Kier molecular flexibility index (Phi) is 4.80. The summed E-state index contributed by atoms with van der Waals surface area (Å²) in [5, 5.41) is 6.64. The number of benzene rings is 1. The van der Waals surface area contributed by atoms with Crippen LogP contribution in [0.15, 0.2) is 29.8 Å². The highest BCUT2D eigenvalue weighted by Crippen LogP contribution is 2.21. The number of thiazole rings is 1. The zero-order valence-corrected chi connectivity index (χ0v) is 12.5. The summed E-state index contributed by atoms with van der Waals surface area (Å²) in [6, 6.07) is 4.83. The summed E-state index contributed by atoms with van der Waals surface area (Å²) in [7, 11) is 0. The van der Waals surface area contributed by atoms with Gasteiger partial charge in [0.15, 0.2) is 0 Å². The van der Waals surface area contributed by atoms with Crippen molar-refractivity contribution in [3.8, 4) is 0 Å². The van der Waals surface area contributed by atoms with E-state index >= 15 is 0 Å². The summed E-state index contributed by atoms with van der Waals surface area (Å²) >= 11 is 13.4. The number of carbonyl (C=O) groups excluding carboxylic acids is 1. The molecule has 2 aromatic rings. The average Bonchev–Trinajstić information content (AvgIpc) is 2.92. The van der Waals surface area contributed by atoms with Gasteiger partial charge >= 0.3 is 0 Å². The lowest BCUT2D eigenvalue weighted by Gasteiger charge is -2.11. The van der Waals surface area contributed by atoms with Gasteiger partial charge in [-0.25, -0.2) is 4.98 Å². The van der Waals surface area contributed by atoms with Crippen molar-refractivity contribution in [3.05, 3.63) is 50.4 Å². The maximum atomic E-state index is 12.0. The molecule has 0 unspecified atom stereocenters. The zero-order valence-electron chi connectivity index (χ0n) is 10.2. The van der Waals surface area contributed by atoms with Crippen molar-refractivity contribution in [2.45, 2.75) is 12.8 Å². The fourth-order valence-electron chi connectivity index (χ4n) is 1.58. The van der Waals surface area contributed by atoms with E-state index in [1.54, 1.807) is 35.7 Å². The van der Waals surface area contributed by atoms with Crippen LogP contribution in [0.25, 0.3) is 0 Å². The van der Waals surface area contributed by atoms with Crippen LogP contribution in [0, 0.1) is 0 Å². The van der Waals surface area contributed by atoms with E-state index in [2.05, 4.69) is 10.3 Å². The van der Waals surface area contributed by atoms with Gasteiger partial charge in [-0.1, -0.05) is 30.1 Å². The smallest absolute Gasteiger partial charge is 0.252 e. The summed E-state index contributed by atoms with van der Waals surface area (Å²) in [4.78, 5) is 16.2. The van der Waals surface area contributed by atoms with Crippen LogP contribution in [0.5, 0.6) is 0 Å². The van der Waals surface area contributed by atoms with E-state index in [1.165, 1.54) is 0 Å². The van der Waals surface area contributed by atoms with Crippen molar-refractivity contribution >= 4 is 40.4 Å². The van der Waals surface area contributed by atoms with E-state index in [0.717, 1.165) is 5.01 Å². The fourth-order valence-corrected chi connectivity index (χ4v) is 2.65. The van der Waals surface area contributed by atoms with Crippen LogP contribution in [0.1, 0.15) is 28.2 Å². The highest BCUT2D eigenvalue weighted by molar-refractivity contribution is 7.09. The number of aromatic nitrogens is 1. The van der Waals surface area contributed by atoms with Gasteiger partial charge in [0.25, 0.3) is 5.91 Å². The van der Waals surface area contributed by atoms with Gasteiger partial charge in [-0.3, -0.25) is 4.79 Å². The highest BCUT2D eigenvalue weighted by Gasteiger charge is 2.13. The van der Waals surface area contributed by atoms with E-state index in [0.29, 0.717) is 22.2 Å². The molecule has 3 nitrogen and oxygen atoms in total. The number of hydrogen-bond acceptors (Lipinski definition) is 3. The van der Waals surface area contributed by atoms with Crippen molar-refractivity contribution in [2.75, 3.05) is 6.54 Å². The van der Waals surface area contributed by atoms with Crippen LogP contribution in [-0.4, -0.2) is 17.4 Å². The maximum Gasteiger partial charge on any atom is 0.252 e. The van der Waals surface area contributed by atoms with Gasteiger partial charge in [-0.05, 0) is 18.2 Å². The van der Waals surface area contributed by atoms with Crippen molar-refractivity contribution < 1.29 is 4.79 Å². The second-order valence-electron chi connectivity index (χ2n) is 4.11. The Morgan fingerprint density at radius 3 is 2.95 bits per heavy atom. The molecule has 100 valence electrons. The molecule has 0 aliphatic rings. The summed E-state index contributed by atoms with van der Waals surface area (Å²) in [6.45, 7) is 2.52. The first-order valence-electron chi connectivity index (χ1n) is 5.70. The largest absolute Gasteiger partial charge is 0.351 e. The number of rotatable bonds is 4. The Morgan fingerprint density at radius 1 is 1.47 bits per heavy atom. The molecular formula is C13H12Cl2N2OS. The molecule has 1 atom stereocenters. The molecule has 2 rings (SSSR count). The first-order valence-corrected chi connectivity index (χ1v) is 7.34. The molecule has 1 aromatic heterocycles. The predicted molar refractivity (Wildman–Crippen MR) is 79.3 cm³/mol. The molecule has 0 radical (unpaired) electrons. The molecule has 1 N–H and O–H groups in total. The molecule has 0 saturated heterocycles. The molecule has 0 aliphatic heterocycles. The predicted octanol–water partition coefficient (Wildman–Crippen LogP) is 3.98. The van der Waals surface area contributed by atoms with Gasteiger partial charge < -0.3 is 5.32 Å². The van der Waals surface area contributed by atoms with Crippen molar-refractivity contribution in [3.63, 3.8) is 0 Å². The molecular weight excluding hydrogens is 303 g/mol. The summed E-state index contributed by atoms with van der Waals surface area (Å²) in [5.41, 5.74) is 0.389. The van der Waals surface area contributed by atoms with Crippen LogP contribution in [0.2, 0.25) is 10.0 Å². The first-order chi connectivity index (χ1) is 9.08. The van der Waals surface area contributed by atoms with E-state index in [4.69, 9.17) is 23.2 Å². The van der Waals surface area contributed by atoms with Gasteiger partial charge in [-0.2, -0.15) is 0 Å². The lowest BCUT2D eigenvalue weighted by molar-refractivity contribution is 0.0952. The van der Waals surface area contributed by atoms with Gasteiger partial charge in [0.2, 0.25) is 0 Å². The minimum Gasteiger partial charge on any atom is -0.351 e. The van der Waals surface area contributed by atoms with Gasteiger partial charge in [0, 0.05) is 29.1 Å². The number of nitrogens with zero attached hydrogens (tertiary/aromatic N) is 1. The van der Waals surface area contributed by atoms with Crippen LogP contribution < -0.4 is 5.32 Å². The quantitative estimate of drug-likeness (QED) is 0.927. The van der Waals surface area contributed by atoms with Crippen molar-refractivity contribution in [1.29, 1.82) is 0 Å². The number of halogens is 2. The minimum absolute atomic E-state index is 0.168. The standard InChI is InChI=1S/C13H12Cl2N2OS/c1-8(13-16-4-5-19-13)7-17-12(18)10-6-9(14)2-3-11(10)15/h2-6,8H,7H2,1H3,(H,17,18)/t8-/m0/s1. The molecule has 1 amide bonds. The molecule has 0 saturated carbocycles. The molecule has 0 aliphatic carbocycles. The van der Waals surface area contributed by atoms with Crippen molar-refractivity contribution in [2.24, 2.45) is 0 Å². The summed E-state index contributed by atoms with van der Waals surface area (Å²) in [6.07, 6.45) is 1.76. The van der Waals surface area contributed by atoms with Gasteiger partial charge in [0.05, 0.1) is 15.6 Å².